The van der Waals surface area contributed by atoms with Gasteiger partial charge in [0.25, 0.3) is 0 Å². The summed E-state index contributed by atoms with van der Waals surface area (Å²) < 4.78 is 5.11. The minimum atomic E-state index is 0.421. The lowest BCUT2D eigenvalue weighted by atomic mass is 10.1. The van der Waals surface area contributed by atoms with Gasteiger partial charge in [0.15, 0.2) is 0 Å². The number of rotatable bonds is 8. The van der Waals surface area contributed by atoms with Crippen molar-refractivity contribution in [1.29, 1.82) is 0 Å². The van der Waals surface area contributed by atoms with Crippen molar-refractivity contribution in [2.75, 3.05) is 20.8 Å². The fraction of sp³-hybridized carbons (Fsp3) is 0.174. The second kappa shape index (κ2) is 13.0. The molecule has 3 rings (SSSR count). The number of ether oxygens (including phenoxy) is 1. The molecule has 2 aromatic rings. The Kier molecular flexibility index (Phi) is 10.0. The topological polar surface area (TPSA) is 101 Å². The van der Waals surface area contributed by atoms with Crippen LogP contribution in [0.4, 0.5) is 0 Å². The molecule has 1 aliphatic heterocycles. The fourth-order valence-electron chi connectivity index (χ4n) is 2.82. The second-order valence-corrected chi connectivity index (χ2v) is 7.04. The molecule has 0 radical (unpaired) electrons. The van der Waals surface area contributed by atoms with Crippen molar-refractivity contribution >= 4 is 37.1 Å². The van der Waals surface area contributed by atoms with E-state index in [1.54, 1.807) is 25.7 Å². The number of methoxy groups -OCH3 is 1. The largest absolute Gasteiger partial charge is 0.481 e. The summed E-state index contributed by atoms with van der Waals surface area (Å²) >= 11 is 1.48. The first kappa shape index (κ1) is 24.7. The van der Waals surface area contributed by atoms with Gasteiger partial charge in [0.05, 0.1) is 29.9 Å². The number of thioether (sulfide) groups is 1. The van der Waals surface area contributed by atoms with Crippen LogP contribution in [-0.2, 0) is 0 Å². The quantitative estimate of drug-likeness (QED) is 0.371. The Bertz CT molecular complexity index is 1030. The Balaban J connectivity index is 0.00000176. The molecule has 1 aliphatic rings. The van der Waals surface area contributed by atoms with Gasteiger partial charge >= 0.3 is 0 Å². The number of aromatic nitrogens is 2. The van der Waals surface area contributed by atoms with Gasteiger partial charge < -0.3 is 15.4 Å². The van der Waals surface area contributed by atoms with Crippen molar-refractivity contribution in [2.45, 2.75) is 11.8 Å². The Labute approximate surface area is 193 Å². The van der Waals surface area contributed by atoms with Gasteiger partial charge in [0.1, 0.15) is 6.67 Å². The molecular formula is C23H27N7OS. The van der Waals surface area contributed by atoms with Crippen LogP contribution in [-0.4, -0.2) is 55.3 Å². The molecule has 0 spiro atoms. The molecule has 2 aromatic heterocycles. The molecule has 8 nitrogen and oxygen atoms in total. The molecule has 0 atom stereocenters. The van der Waals surface area contributed by atoms with E-state index in [0.717, 1.165) is 21.9 Å². The monoisotopic (exact) mass is 449 g/mol. The van der Waals surface area contributed by atoms with Crippen molar-refractivity contribution in [2.24, 2.45) is 20.7 Å². The van der Waals surface area contributed by atoms with Crippen LogP contribution in [0.5, 0.6) is 5.88 Å². The van der Waals surface area contributed by atoms with Crippen LogP contribution in [0.1, 0.15) is 12.5 Å². The first-order valence-electron chi connectivity index (χ1n) is 9.65. The lowest BCUT2D eigenvalue weighted by molar-refractivity contribution is 0.397. The van der Waals surface area contributed by atoms with Crippen LogP contribution in [0.3, 0.4) is 0 Å². The molecular weight excluding hydrogens is 422 g/mol. The second-order valence-electron chi connectivity index (χ2n) is 6.10. The van der Waals surface area contributed by atoms with E-state index < -0.39 is 0 Å². The zero-order valence-electron chi connectivity index (χ0n) is 18.5. The summed E-state index contributed by atoms with van der Waals surface area (Å²) in [6.07, 6.45) is 9.03. The lowest BCUT2D eigenvalue weighted by Crippen LogP contribution is -2.26. The van der Waals surface area contributed by atoms with Crippen LogP contribution in [0.25, 0.3) is 5.70 Å². The smallest absolute Gasteiger partial charge is 0.212 e. The predicted molar refractivity (Wildman–Crippen MR) is 134 cm³/mol. The standard InChI is InChI=1S/C22H22N6OS.CH5N/c1-16(23-2)22(19(24-3)14-30-18-7-8-21(29-4)27-13-18)28-15-26-11-9-20(28)17-6-5-10-25-12-17;1-2/h5-14H,2-3,15H2,1,4H3;2H2,1H3/b19-14-,22-16-;. The third kappa shape index (κ3) is 6.22. The highest BCUT2D eigenvalue weighted by Crippen LogP contribution is 2.33. The normalized spacial score (nSPS) is 13.9. The first-order valence-corrected chi connectivity index (χ1v) is 10.5. The molecule has 166 valence electrons. The molecule has 0 aromatic carbocycles. The predicted octanol–water partition coefficient (Wildman–Crippen LogP) is 4.01. The summed E-state index contributed by atoms with van der Waals surface area (Å²) in [6.45, 7) is 9.78. The Morgan fingerprint density at radius 2 is 2.03 bits per heavy atom. The summed E-state index contributed by atoms with van der Waals surface area (Å²) in [7, 11) is 3.09. The maximum absolute atomic E-state index is 5.11. The van der Waals surface area contributed by atoms with E-state index in [9.17, 15) is 0 Å². The van der Waals surface area contributed by atoms with Gasteiger partial charge in [-0.1, -0.05) is 11.8 Å². The van der Waals surface area contributed by atoms with Crippen molar-refractivity contribution in [3.63, 3.8) is 0 Å². The van der Waals surface area contributed by atoms with E-state index >= 15 is 0 Å². The average molecular weight is 450 g/mol. The van der Waals surface area contributed by atoms with Crippen molar-refractivity contribution in [3.8, 4) is 5.88 Å². The van der Waals surface area contributed by atoms with Gasteiger partial charge in [-0.25, -0.2) is 4.98 Å². The third-order valence-corrected chi connectivity index (χ3v) is 5.15. The highest BCUT2D eigenvalue weighted by molar-refractivity contribution is 8.02. The maximum Gasteiger partial charge on any atom is 0.212 e. The minimum Gasteiger partial charge on any atom is -0.481 e. The summed E-state index contributed by atoms with van der Waals surface area (Å²) in [5.41, 5.74) is 8.57. The summed E-state index contributed by atoms with van der Waals surface area (Å²) in [4.78, 5) is 24.3. The maximum atomic E-state index is 5.11. The number of hydrogen-bond donors (Lipinski definition) is 1. The number of pyridine rings is 2. The molecule has 2 N–H and O–H groups in total. The molecule has 32 heavy (non-hydrogen) atoms. The minimum absolute atomic E-state index is 0.421. The molecule has 0 bridgehead atoms. The van der Waals surface area contributed by atoms with Gasteiger partial charge in [-0.05, 0) is 51.7 Å². The average Bonchev–Trinajstić information content (AvgIpc) is 2.88. The number of hydrogen-bond acceptors (Lipinski definition) is 9. The molecule has 0 saturated heterocycles. The number of aliphatic imine (C=N–C) groups is 3. The number of nitrogens with two attached hydrogens (primary N) is 1. The van der Waals surface area contributed by atoms with Crippen molar-refractivity contribution in [3.05, 3.63) is 77.0 Å². The Morgan fingerprint density at radius 3 is 2.62 bits per heavy atom. The first-order chi connectivity index (χ1) is 15.7. The molecule has 0 fully saturated rings. The lowest BCUT2D eigenvalue weighted by Gasteiger charge is -2.31. The molecule has 0 unspecified atom stereocenters. The van der Waals surface area contributed by atoms with Crippen LogP contribution < -0.4 is 10.5 Å². The summed E-state index contributed by atoms with van der Waals surface area (Å²) in [5.74, 6) is 0.565. The number of allylic oxidation sites excluding steroid dienone is 2. The van der Waals surface area contributed by atoms with Gasteiger partial charge in [0.2, 0.25) is 5.88 Å². The van der Waals surface area contributed by atoms with Crippen molar-refractivity contribution < 1.29 is 4.74 Å². The fourth-order valence-corrected chi connectivity index (χ4v) is 3.51. The molecule has 0 saturated carbocycles. The highest BCUT2D eigenvalue weighted by Gasteiger charge is 2.22. The van der Waals surface area contributed by atoms with Gasteiger partial charge in [-0.2, -0.15) is 0 Å². The van der Waals surface area contributed by atoms with Crippen LogP contribution in [0.2, 0.25) is 0 Å². The SMILES string of the molecule is C=NC(=C\Sc1ccc(OC)nc1)/C(=C(\C)N=C)N1CN=CC=C1c1cccnc1.CN. The van der Waals surface area contributed by atoms with Gasteiger partial charge in [0, 0.05) is 46.7 Å². The summed E-state index contributed by atoms with van der Waals surface area (Å²) in [5, 5.41) is 1.92. The van der Waals surface area contributed by atoms with Crippen LogP contribution in [0, 0.1) is 0 Å². The zero-order valence-corrected chi connectivity index (χ0v) is 19.3. The van der Waals surface area contributed by atoms with Gasteiger partial charge in [-0.3, -0.25) is 20.0 Å². The zero-order chi connectivity index (χ0) is 23.3. The van der Waals surface area contributed by atoms with E-state index in [0.29, 0.717) is 23.9 Å². The third-order valence-electron chi connectivity index (χ3n) is 4.30. The van der Waals surface area contributed by atoms with Crippen LogP contribution in [0.15, 0.2) is 91.3 Å². The Morgan fingerprint density at radius 1 is 1.22 bits per heavy atom. The molecule has 9 heteroatoms. The molecule has 0 amide bonds. The van der Waals surface area contributed by atoms with Gasteiger partial charge in [-0.15, -0.1) is 0 Å². The summed E-state index contributed by atoms with van der Waals surface area (Å²) in [6, 6.07) is 7.65. The van der Waals surface area contributed by atoms with Crippen molar-refractivity contribution in [1.82, 2.24) is 14.9 Å². The van der Waals surface area contributed by atoms with E-state index in [-0.39, 0.29) is 0 Å². The van der Waals surface area contributed by atoms with E-state index in [4.69, 9.17) is 4.74 Å². The molecule has 3 heterocycles. The molecule has 0 aliphatic carbocycles. The highest BCUT2D eigenvalue weighted by atomic mass is 32.2. The van der Waals surface area contributed by atoms with Crippen LogP contribution >= 0.6 is 11.8 Å². The van der Waals surface area contributed by atoms with E-state index in [2.05, 4.69) is 44.1 Å². The van der Waals surface area contributed by atoms with E-state index in [1.165, 1.54) is 18.8 Å². The Hall–Kier alpha value is -3.56. The number of nitrogens with zero attached hydrogens (tertiary/aromatic N) is 6. The van der Waals surface area contributed by atoms with E-state index in [1.807, 2.05) is 53.8 Å².